The highest BCUT2D eigenvalue weighted by molar-refractivity contribution is 7.22. The van der Waals surface area contributed by atoms with Crippen LogP contribution >= 0.6 is 11.3 Å². The van der Waals surface area contributed by atoms with Gasteiger partial charge in [-0.25, -0.2) is 4.98 Å². The van der Waals surface area contributed by atoms with Gasteiger partial charge in [0.2, 0.25) is 0 Å². The van der Waals surface area contributed by atoms with Crippen LogP contribution < -0.4 is 4.90 Å². The summed E-state index contributed by atoms with van der Waals surface area (Å²) in [5.74, 6) is -2.16. The molecule has 1 aromatic carbocycles. The molecule has 1 aliphatic heterocycles. The van der Waals surface area contributed by atoms with Crippen molar-refractivity contribution < 1.29 is 19.6 Å². The first-order valence-electron chi connectivity index (χ1n) is 9.05. The Labute approximate surface area is 174 Å². The number of aliphatic hydroxyl groups is 1. The largest absolute Gasteiger partial charge is 0.503 e. The number of rotatable bonds is 5. The minimum atomic E-state index is -0.892. The molecular weight excluding hydrogens is 408 g/mol. The Bertz CT molecular complexity index is 1220. The van der Waals surface area contributed by atoms with Gasteiger partial charge >= 0.3 is 0 Å². The van der Waals surface area contributed by atoms with E-state index in [1.165, 1.54) is 29.3 Å². The van der Waals surface area contributed by atoms with Gasteiger partial charge in [-0.3, -0.25) is 29.6 Å². The van der Waals surface area contributed by atoms with Gasteiger partial charge in [-0.05, 0) is 17.7 Å². The molecule has 2 aromatic heterocycles. The lowest BCUT2D eigenvalue weighted by Crippen LogP contribution is -2.31. The molecule has 1 aliphatic rings. The highest BCUT2D eigenvalue weighted by Gasteiger charge is 2.46. The zero-order chi connectivity index (χ0) is 21.6. The summed E-state index contributed by atoms with van der Waals surface area (Å²) in [6.07, 6.45) is 3.09. The number of amides is 1. The number of hydrogen-bond donors (Lipinski definition) is 1. The smallest absolute Gasteiger partial charge is 0.296 e. The van der Waals surface area contributed by atoms with Crippen molar-refractivity contribution in [1.29, 1.82) is 0 Å². The van der Waals surface area contributed by atoms with Gasteiger partial charge in [-0.1, -0.05) is 31.3 Å². The van der Waals surface area contributed by atoms with E-state index in [-0.39, 0.29) is 22.2 Å². The van der Waals surface area contributed by atoms with Crippen LogP contribution in [0.1, 0.15) is 25.5 Å². The standard InChI is InChI=1S/C20H16N4O5S/c1-10(2)17(25)15-16(11-4-3-7-21-9-11)23(19(27)18(15)26)20-22-13-6-5-12(24(28)29)8-14(13)30-20/h3-10,16,26H,1-2H3. The number of carbonyl (C=O) groups is 2. The third-order valence-corrected chi connectivity index (χ3v) is 5.79. The SMILES string of the molecule is CC(C)C(=O)C1=C(O)C(=O)N(c2nc3ccc([N+](=O)[O-])cc3s2)C1c1cccnc1. The Morgan fingerprint density at radius 2 is 2.10 bits per heavy atom. The number of ketones is 1. The highest BCUT2D eigenvalue weighted by atomic mass is 32.1. The third kappa shape index (κ3) is 3.11. The zero-order valence-electron chi connectivity index (χ0n) is 16.0. The van der Waals surface area contributed by atoms with Crippen molar-refractivity contribution in [3.05, 3.63) is 69.7 Å². The summed E-state index contributed by atoms with van der Waals surface area (Å²) in [6, 6.07) is 6.70. The van der Waals surface area contributed by atoms with E-state index in [4.69, 9.17) is 0 Å². The number of hydrogen-bond acceptors (Lipinski definition) is 8. The first-order valence-corrected chi connectivity index (χ1v) is 9.87. The van der Waals surface area contributed by atoms with E-state index in [0.29, 0.717) is 15.8 Å². The van der Waals surface area contributed by atoms with Crippen LogP contribution in [0.15, 0.2) is 54.1 Å². The molecule has 0 fully saturated rings. The minimum Gasteiger partial charge on any atom is -0.503 e. The van der Waals surface area contributed by atoms with Crippen LogP contribution in [0.3, 0.4) is 0 Å². The van der Waals surface area contributed by atoms with Crippen LogP contribution in [0.2, 0.25) is 0 Å². The van der Waals surface area contributed by atoms with E-state index in [1.807, 2.05) is 0 Å². The van der Waals surface area contributed by atoms with Gasteiger partial charge in [0.1, 0.15) is 0 Å². The van der Waals surface area contributed by atoms with Crippen LogP contribution in [-0.4, -0.2) is 31.7 Å². The number of benzene rings is 1. The van der Waals surface area contributed by atoms with Gasteiger partial charge in [0.05, 0.1) is 26.8 Å². The number of fused-ring (bicyclic) bond motifs is 1. The molecule has 10 heteroatoms. The Balaban J connectivity index is 1.88. The average molecular weight is 424 g/mol. The lowest BCUT2D eigenvalue weighted by molar-refractivity contribution is -0.384. The summed E-state index contributed by atoms with van der Waals surface area (Å²) < 4.78 is 0.514. The van der Waals surface area contributed by atoms with Crippen LogP contribution in [0.4, 0.5) is 10.8 Å². The predicted molar refractivity (Wildman–Crippen MR) is 110 cm³/mol. The van der Waals surface area contributed by atoms with Crippen molar-refractivity contribution in [2.45, 2.75) is 19.9 Å². The maximum Gasteiger partial charge on any atom is 0.296 e. The highest BCUT2D eigenvalue weighted by Crippen LogP contribution is 2.44. The zero-order valence-corrected chi connectivity index (χ0v) is 16.8. The molecular formula is C20H16N4O5S. The summed E-state index contributed by atoms with van der Waals surface area (Å²) in [5, 5.41) is 21.9. The van der Waals surface area contributed by atoms with Gasteiger partial charge in [-0.2, -0.15) is 0 Å². The Morgan fingerprint density at radius 1 is 1.33 bits per heavy atom. The number of Topliss-reactive ketones (excluding diaryl/α,β-unsaturated/α-hetero) is 1. The third-order valence-electron chi connectivity index (χ3n) is 4.78. The van der Waals surface area contributed by atoms with Crippen molar-refractivity contribution in [1.82, 2.24) is 9.97 Å². The van der Waals surface area contributed by atoms with E-state index < -0.39 is 28.5 Å². The van der Waals surface area contributed by atoms with Gasteiger partial charge < -0.3 is 5.11 Å². The summed E-state index contributed by atoms with van der Waals surface area (Å²) in [6.45, 7) is 3.37. The molecule has 0 radical (unpaired) electrons. The molecule has 4 rings (SSSR count). The summed E-state index contributed by atoms with van der Waals surface area (Å²) >= 11 is 1.07. The van der Waals surface area contributed by atoms with Crippen molar-refractivity contribution >= 4 is 44.1 Å². The number of aliphatic hydroxyl groups excluding tert-OH is 1. The maximum absolute atomic E-state index is 13.0. The van der Waals surface area contributed by atoms with Gasteiger partial charge in [-0.15, -0.1) is 0 Å². The molecule has 0 saturated heterocycles. The normalized spacial score (nSPS) is 16.7. The number of anilines is 1. The quantitative estimate of drug-likeness (QED) is 0.488. The second-order valence-corrected chi connectivity index (χ2v) is 8.06. The first-order chi connectivity index (χ1) is 14.3. The number of nitrogens with zero attached hydrogens (tertiary/aromatic N) is 4. The van der Waals surface area contributed by atoms with Crippen LogP contribution in [0.25, 0.3) is 10.2 Å². The topological polar surface area (TPSA) is 127 Å². The van der Waals surface area contributed by atoms with E-state index in [1.54, 1.807) is 32.2 Å². The van der Waals surface area contributed by atoms with Gasteiger partial charge in [0.15, 0.2) is 16.7 Å². The number of carbonyl (C=O) groups excluding carboxylic acids is 2. The van der Waals surface area contributed by atoms with Crippen molar-refractivity contribution in [3.63, 3.8) is 0 Å². The lowest BCUT2D eigenvalue weighted by Gasteiger charge is -2.24. The van der Waals surface area contributed by atoms with Crippen LogP contribution in [-0.2, 0) is 9.59 Å². The fourth-order valence-electron chi connectivity index (χ4n) is 3.34. The molecule has 1 atom stereocenters. The molecule has 0 aliphatic carbocycles. The summed E-state index contributed by atoms with van der Waals surface area (Å²) in [5.41, 5.74) is 0.921. The van der Waals surface area contributed by atoms with Crippen LogP contribution in [0.5, 0.6) is 0 Å². The van der Waals surface area contributed by atoms with Gasteiger partial charge in [0.25, 0.3) is 11.6 Å². The molecule has 0 bridgehead atoms. The van der Waals surface area contributed by atoms with E-state index >= 15 is 0 Å². The van der Waals surface area contributed by atoms with Crippen molar-refractivity contribution in [2.75, 3.05) is 4.90 Å². The number of nitro groups is 1. The summed E-state index contributed by atoms with van der Waals surface area (Å²) in [4.78, 5) is 46.1. The number of aromatic nitrogens is 2. The summed E-state index contributed by atoms with van der Waals surface area (Å²) in [7, 11) is 0. The molecule has 152 valence electrons. The number of non-ortho nitro benzene ring substituents is 1. The molecule has 1 N–H and O–H groups in total. The molecule has 3 heterocycles. The van der Waals surface area contributed by atoms with Crippen LogP contribution in [0, 0.1) is 16.0 Å². The lowest BCUT2D eigenvalue weighted by atomic mass is 9.92. The van der Waals surface area contributed by atoms with Gasteiger partial charge in [0, 0.05) is 30.4 Å². The number of thiazole rings is 1. The Morgan fingerprint density at radius 3 is 2.73 bits per heavy atom. The molecule has 1 unspecified atom stereocenters. The van der Waals surface area contributed by atoms with E-state index in [0.717, 1.165) is 11.3 Å². The number of nitro benzene ring substituents is 1. The average Bonchev–Trinajstić information content (AvgIpc) is 3.26. The maximum atomic E-state index is 13.0. The molecule has 3 aromatic rings. The van der Waals surface area contributed by atoms with E-state index in [2.05, 4.69) is 9.97 Å². The second kappa shape index (κ2) is 7.30. The predicted octanol–water partition coefficient (Wildman–Crippen LogP) is 3.72. The number of pyridine rings is 1. The Hall–Kier alpha value is -3.66. The molecule has 9 nitrogen and oxygen atoms in total. The fourth-order valence-corrected chi connectivity index (χ4v) is 4.36. The molecule has 1 amide bonds. The molecule has 30 heavy (non-hydrogen) atoms. The Kier molecular flexibility index (Phi) is 4.78. The monoisotopic (exact) mass is 424 g/mol. The second-order valence-electron chi connectivity index (χ2n) is 7.05. The van der Waals surface area contributed by atoms with E-state index in [9.17, 15) is 24.8 Å². The fraction of sp³-hybridized carbons (Fsp3) is 0.200. The molecule has 0 saturated carbocycles. The van der Waals surface area contributed by atoms with Crippen molar-refractivity contribution in [3.8, 4) is 0 Å². The van der Waals surface area contributed by atoms with Crippen molar-refractivity contribution in [2.24, 2.45) is 5.92 Å². The molecule has 0 spiro atoms. The minimum absolute atomic E-state index is 0.00626. The first kappa shape index (κ1) is 19.6.